The molecule has 7 heteroatoms. The molecule has 0 unspecified atom stereocenters. The predicted molar refractivity (Wildman–Crippen MR) is 120 cm³/mol. The third-order valence-corrected chi connectivity index (χ3v) is 6.02. The first kappa shape index (κ1) is 23.8. The summed E-state index contributed by atoms with van der Waals surface area (Å²) in [6.45, 7) is 8.41. The molecule has 0 saturated heterocycles. The zero-order valence-electron chi connectivity index (χ0n) is 16.8. The minimum absolute atomic E-state index is 0. The number of nitrogens with one attached hydrogen (secondary N) is 1. The number of hydrogen-bond acceptors (Lipinski definition) is 4. The van der Waals surface area contributed by atoms with E-state index >= 15 is 0 Å². The first-order valence-corrected chi connectivity index (χ1v) is 11.3. The van der Waals surface area contributed by atoms with E-state index in [1.165, 1.54) is 32.1 Å². The molecule has 1 aromatic carbocycles. The van der Waals surface area contributed by atoms with Crippen LogP contribution in [0, 0.1) is 13.8 Å². The summed E-state index contributed by atoms with van der Waals surface area (Å²) in [5.41, 5.74) is 2.60. The van der Waals surface area contributed by atoms with Gasteiger partial charge in [0, 0.05) is 25.5 Å². The number of anilines is 1. The molecule has 1 N–H and O–H groups in total. The van der Waals surface area contributed by atoms with Gasteiger partial charge in [0.1, 0.15) is 0 Å². The number of aryl methyl sites for hydroxylation is 2. The number of hydrogen-bond donors (Lipinski definition) is 1. The van der Waals surface area contributed by atoms with Crippen LogP contribution < -0.4 is 4.72 Å². The van der Waals surface area contributed by atoms with E-state index in [1.807, 2.05) is 38.2 Å². The molecule has 1 aromatic rings. The quantitative estimate of drug-likeness (QED) is 0.489. The monoisotopic (exact) mass is 459 g/mol. The van der Waals surface area contributed by atoms with Crippen LogP contribution in [0.5, 0.6) is 0 Å². The number of halogens is 1. The first-order chi connectivity index (χ1) is 12.4. The van der Waals surface area contributed by atoms with Crippen LogP contribution in [0.1, 0.15) is 50.2 Å². The van der Waals surface area contributed by atoms with Crippen molar-refractivity contribution < 1.29 is 8.42 Å². The molecule has 0 bridgehead atoms. The molecule has 0 aromatic heterocycles. The van der Waals surface area contributed by atoms with Crippen LogP contribution in [0.15, 0.2) is 30.6 Å². The van der Waals surface area contributed by atoms with Gasteiger partial charge in [-0.25, -0.2) is 8.42 Å². The lowest BCUT2D eigenvalue weighted by Gasteiger charge is -2.21. The van der Waals surface area contributed by atoms with Crippen molar-refractivity contribution in [3.05, 3.63) is 41.7 Å². The smallest absolute Gasteiger partial charge is 0.234 e. The highest BCUT2D eigenvalue weighted by Crippen LogP contribution is 2.21. The van der Waals surface area contributed by atoms with E-state index in [0.29, 0.717) is 12.2 Å². The Bertz CT molecular complexity index is 687. The molecular weight excluding hydrogens is 426 g/mol. The third kappa shape index (κ3) is 8.13. The summed E-state index contributed by atoms with van der Waals surface area (Å²) in [6, 6.07) is 5.78. The molecule has 1 aliphatic heterocycles. The van der Waals surface area contributed by atoms with Gasteiger partial charge >= 0.3 is 0 Å². The van der Waals surface area contributed by atoms with Gasteiger partial charge in [-0.15, -0.1) is 17.0 Å². The van der Waals surface area contributed by atoms with E-state index in [2.05, 4.69) is 27.6 Å². The zero-order chi connectivity index (χ0) is 19.0. The normalized spacial score (nSPS) is 13.7. The highest BCUT2D eigenvalue weighted by Gasteiger charge is 2.17. The summed E-state index contributed by atoms with van der Waals surface area (Å²) in [4.78, 5) is 4.33. The second kappa shape index (κ2) is 11.6. The van der Waals surface area contributed by atoms with Crippen molar-refractivity contribution in [3.63, 3.8) is 0 Å². The van der Waals surface area contributed by atoms with Crippen LogP contribution in [-0.4, -0.2) is 43.7 Å². The van der Waals surface area contributed by atoms with Crippen molar-refractivity contribution in [1.29, 1.82) is 0 Å². The first-order valence-electron chi connectivity index (χ1n) is 9.64. The molecule has 1 aliphatic rings. The van der Waals surface area contributed by atoms with Crippen LogP contribution in [0.3, 0.4) is 0 Å². The SMILES string of the molecule is Br.CCCCCCCN1C=CN(CCS(=O)(=O)Nc2c(C)cccc2C)C1. The second-order valence-corrected chi connectivity index (χ2v) is 9.01. The van der Waals surface area contributed by atoms with E-state index in [1.54, 1.807) is 0 Å². The fourth-order valence-electron chi connectivity index (χ4n) is 3.14. The molecule has 5 nitrogen and oxygen atoms in total. The Balaban J connectivity index is 0.00000364. The standard InChI is InChI=1S/C20H33N3O2S.BrH/c1-4-5-6-7-8-12-22-13-14-23(17-22)15-16-26(24,25)21-20-18(2)10-9-11-19(20)3;/h9-11,13-14,21H,4-8,12,15-17H2,1-3H3;1H. The molecule has 27 heavy (non-hydrogen) atoms. The fourth-order valence-corrected chi connectivity index (χ4v) is 4.35. The number of sulfonamides is 1. The maximum absolute atomic E-state index is 12.4. The molecular formula is C20H34BrN3O2S. The van der Waals surface area contributed by atoms with Crippen LogP contribution in [0.4, 0.5) is 5.69 Å². The average Bonchev–Trinajstić information content (AvgIpc) is 3.04. The number of unbranched alkanes of at least 4 members (excludes halogenated alkanes) is 4. The van der Waals surface area contributed by atoms with E-state index in [9.17, 15) is 8.42 Å². The second-order valence-electron chi connectivity index (χ2n) is 7.17. The van der Waals surface area contributed by atoms with Gasteiger partial charge in [-0.3, -0.25) is 4.72 Å². The molecule has 0 fully saturated rings. The highest BCUT2D eigenvalue weighted by molar-refractivity contribution is 8.93. The minimum Gasteiger partial charge on any atom is -0.359 e. The predicted octanol–water partition coefficient (Wildman–Crippen LogP) is 4.64. The van der Waals surface area contributed by atoms with Crippen LogP contribution in [0.2, 0.25) is 0 Å². The average molecular weight is 460 g/mol. The van der Waals surface area contributed by atoms with Gasteiger partial charge in [0.25, 0.3) is 0 Å². The Morgan fingerprint density at radius 1 is 0.963 bits per heavy atom. The number of benzene rings is 1. The lowest BCUT2D eigenvalue weighted by atomic mass is 10.1. The lowest BCUT2D eigenvalue weighted by molar-refractivity contribution is 0.269. The molecule has 0 aliphatic carbocycles. The molecule has 0 atom stereocenters. The zero-order valence-corrected chi connectivity index (χ0v) is 19.3. The van der Waals surface area contributed by atoms with Gasteiger partial charge in [-0.05, 0) is 31.4 Å². The molecule has 0 radical (unpaired) electrons. The largest absolute Gasteiger partial charge is 0.359 e. The highest BCUT2D eigenvalue weighted by atomic mass is 79.9. The summed E-state index contributed by atoms with van der Waals surface area (Å²) in [6.07, 6.45) is 10.4. The lowest BCUT2D eigenvalue weighted by Crippen LogP contribution is -2.31. The van der Waals surface area contributed by atoms with Crippen molar-refractivity contribution in [1.82, 2.24) is 9.80 Å². The Morgan fingerprint density at radius 2 is 1.56 bits per heavy atom. The van der Waals surface area contributed by atoms with E-state index in [-0.39, 0.29) is 22.7 Å². The molecule has 1 heterocycles. The van der Waals surface area contributed by atoms with Gasteiger partial charge in [-0.2, -0.15) is 0 Å². The fraction of sp³-hybridized carbons (Fsp3) is 0.600. The number of nitrogens with zero attached hydrogens (tertiary/aromatic N) is 2. The summed E-state index contributed by atoms with van der Waals surface area (Å²) < 4.78 is 27.6. The molecule has 0 spiro atoms. The molecule has 0 amide bonds. The van der Waals surface area contributed by atoms with Crippen molar-refractivity contribution in [2.24, 2.45) is 0 Å². The number of rotatable bonds is 11. The Hall–Kier alpha value is -1.21. The number of para-hydroxylation sites is 1. The van der Waals surface area contributed by atoms with Crippen molar-refractivity contribution in [3.8, 4) is 0 Å². The Morgan fingerprint density at radius 3 is 2.19 bits per heavy atom. The summed E-state index contributed by atoms with van der Waals surface area (Å²) in [7, 11) is -3.36. The van der Waals surface area contributed by atoms with Crippen LogP contribution >= 0.6 is 17.0 Å². The van der Waals surface area contributed by atoms with Crippen molar-refractivity contribution in [2.75, 3.05) is 30.2 Å². The summed E-state index contributed by atoms with van der Waals surface area (Å²) in [5.74, 6) is 0.0927. The van der Waals surface area contributed by atoms with Crippen LogP contribution in [0.25, 0.3) is 0 Å². The maximum atomic E-state index is 12.4. The van der Waals surface area contributed by atoms with Gasteiger partial charge in [0.2, 0.25) is 10.0 Å². The van der Waals surface area contributed by atoms with Crippen molar-refractivity contribution >= 4 is 32.7 Å². The van der Waals surface area contributed by atoms with E-state index < -0.39 is 10.0 Å². The van der Waals surface area contributed by atoms with E-state index in [0.717, 1.165) is 24.3 Å². The maximum Gasteiger partial charge on any atom is 0.234 e. The summed E-state index contributed by atoms with van der Waals surface area (Å²) >= 11 is 0. The van der Waals surface area contributed by atoms with E-state index in [4.69, 9.17) is 0 Å². The third-order valence-electron chi connectivity index (χ3n) is 4.79. The van der Waals surface area contributed by atoms with Gasteiger partial charge in [-0.1, -0.05) is 50.8 Å². The minimum atomic E-state index is -3.36. The molecule has 154 valence electrons. The summed E-state index contributed by atoms with van der Waals surface area (Å²) in [5, 5.41) is 0. The Labute approximate surface area is 175 Å². The van der Waals surface area contributed by atoms with Crippen molar-refractivity contribution in [2.45, 2.75) is 52.9 Å². The molecule has 2 rings (SSSR count). The Kier molecular flexibility index (Phi) is 10.2. The van der Waals surface area contributed by atoms with Crippen LogP contribution in [-0.2, 0) is 10.0 Å². The van der Waals surface area contributed by atoms with Gasteiger partial charge in [0.05, 0.1) is 18.1 Å². The topological polar surface area (TPSA) is 52.7 Å². The molecule has 0 saturated carbocycles. The van der Waals surface area contributed by atoms with Gasteiger partial charge in [0.15, 0.2) is 0 Å². The van der Waals surface area contributed by atoms with Gasteiger partial charge < -0.3 is 9.80 Å².